The zero-order valence-corrected chi connectivity index (χ0v) is 20.7. The maximum absolute atomic E-state index is 2.64. The maximum atomic E-state index is 2.64. The van der Waals surface area contributed by atoms with Gasteiger partial charge in [0.1, 0.15) is 0 Å². The lowest BCUT2D eigenvalue weighted by Crippen LogP contribution is -2.54. The number of hydrogen-bond acceptors (Lipinski definition) is 0. The summed E-state index contributed by atoms with van der Waals surface area (Å²) in [6.45, 7) is 5.27. The summed E-state index contributed by atoms with van der Waals surface area (Å²) in [5.74, 6) is 13.4. The minimum absolute atomic E-state index is 0.778. The van der Waals surface area contributed by atoms with Crippen LogP contribution in [0.15, 0.2) is 0 Å². The molecule has 7 saturated carbocycles. The van der Waals surface area contributed by atoms with E-state index in [-0.39, 0.29) is 0 Å². The molecule has 31 heavy (non-hydrogen) atoms. The molecule has 7 fully saturated rings. The van der Waals surface area contributed by atoms with E-state index in [0.717, 1.165) is 76.4 Å². The van der Waals surface area contributed by atoms with Gasteiger partial charge < -0.3 is 0 Å². The van der Waals surface area contributed by atoms with Gasteiger partial charge in [-0.25, -0.2) is 0 Å². The molecule has 0 heteroatoms. The third kappa shape index (κ3) is 2.90. The van der Waals surface area contributed by atoms with Crippen molar-refractivity contribution in [3.8, 4) is 0 Å². The van der Waals surface area contributed by atoms with Crippen molar-refractivity contribution in [2.24, 2.45) is 76.4 Å². The average molecular weight is 423 g/mol. The highest BCUT2D eigenvalue weighted by atomic mass is 14.7. The van der Waals surface area contributed by atoms with E-state index in [1.165, 1.54) is 0 Å². The summed E-state index contributed by atoms with van der Waals surface area (Å²) in [7, 11) is 0. The number of fused-ring (bicyclic) bond motifs is 5. The van der Waals surface area contributed by atoms with Gasteiger partial charge in [0.2, 0.25) is 0 Å². The van der Waals surface area contributed by atoms with Crippen LogP contribution in [0.1, 0.15) is 117 Å². The topological polar surface area (TPSA) is 0 Å². The van der Waals surface area contributed by atoms with Crippen LogP contribution < -0.4 is 0 Å². The molecule has 0 radical (unpaired) electrons. The fourth-order valence-corrected chi connectivity index (χ4v) is 12.2. The lowest BCUT2D eigenvalue weighted by molar-refractivity contribution is -0.122. The maximum Gasteiger partial charge on any atom is -0.0178 e. The molecular formula is C31H50. The Morgan fingerprint density at radius 2 is 0.839 bits per heavy atom. The van der Waals surface area contributed by atoms with Gasteiger partial charge in [0.05, 0.1) is 0 Å². The molecule has 0 amide bonds. The quantitative estimate of drug-likeness (QED) is 0.417. The van der Waals surface area contributed by atoms with Crippen molar-refractivity contribution in [3.63, 3.8) is 0 Å². The Balaban J connectivity index is 1.32. The highest BCUT2D eigenvalue weighted by Crippen LogP contribution is 2.74. The Hall–Kier alpha value is 0. The SMILES string of the molecule is CC1CCC2C3CCC(C)CC3C(C3CCC4CCC4C3)(C3CCC4CCC4C3)C2C1. The van der Waals surface area contributed by atoms with Crippen molar-refractivity contribution < 1.29 is 0 Å². The van der Waals surface area contributed by atoms with E-state index in [9.17, 15) is 0 Å². The molecule has 12 atom stereocenters. The molecule has 0 heterocycles. The molecule has 7 rings (SSSR count). The van der Waals surface area contributed by atoms with Crippen molar-refractivity contribution in [3.05, 3.63) is 0 Å². The molecule has 0 saturated heterocycles. The van der Waals surface area contributed by atoms with E-state index in [1.54, 1.807) is 103 Å². The molecule has 174 valence electrons. The zero-order chi connectivity index (χ0) is 20.7. The molecule has 7 aliphatic rings. The lowest BCUT2D eigenvalue weighted by atomic mass is 9.44. The minimum Gasteiger partial charge on any atom is -0.0625 e. The Labute approximate surface area is 193 Å². The van der Waals surface area contributed by atoms with Gasteiger partial charge in [0.25, 0.3) is 0 Å². The molecule has 0 bridgehead atoms. The predicted molar refractivity (Wildman–Crippen MR) is 130 cm³/mol. The van der Waals surface area contributed by atoms with Crippen LogP contribution in [0.3, 0.4) is 0 Å². The Kier molecular flexibility index (Phi) is 4.93. The van der Waals surface area contributed by atoms with E-state index in [0.29, 0.717) is 0 Å². The van der Waals surface area contributed by atoms with Gasteiger partial charge in [-0.05, 0) is 166 Å². The predicted octanol–water partition coefficient (Wildman–Crippen LogP) is 8.74. The summed E-state index contributed by atoms with van der Waals surface area (Å²) in [6, 6.07) is 0. The average Bonchev–Trinajstić information content (AvgIpc) is 2.99. The second kappa shape index (κ2) is 7.50. The first-order valence-electron chi connectivity index (χ1n) is 15.1. The van der Waals surface area contributed by atoms with Crippen molar-refractivity contribution in [2.45, 2.75) is 117 Å². The highest BCUT2D eigenvalue weighted by molar-refractivity contribution is 5.15. The molecule has 0 nitrogen and oxygen atoms in total. The van der Waals surface area contributed by atoms with Crippen LogP contribution in [0.25, 0.3) is 0 Å². The Morgan fingerprint density at radius 1 is 0.419 bits per heavy atom. The molecule has 0 spiro atoms. The second-order valence-electron chi connectivity index (χ2n) is 14.6. The van der Waals surface area contributed by atoms with E-state index in [1.807, 2.05) is 0 Å². The monoisotopic (exact) mass is 422 g/mol. The Bertz CT molecular complexity index is 620. The first-order chi connectivity index (χ1) is 15.1. The lowest BCUT2D eigenvalue weighted by Gasteiger charge is -2.61. The number of hydrogen-bond donors (Lipinski definition) is 0. The van der Waals surface area contributed by atoms with Gasteiger partial charge >= 0.3 is 0 Å². The van der Waals surface area contributed by atoms with Crippen LogP contribution >= 0.6 is 0 Å². The van der Waals surface area contributed by atoms with Gasteiger partial charge in [-0.3, -0.25) is 0 Å². The van der Waals surface area contributed by atoms with Crippen molar-refractivity contribution >= 4 is 0 Å². The van der Waals surface area contributed by atoms with E-state index >= 15 is 0 Å². The van der Waals surface area contributed by atoms with Gasteiger partial charge in [-0.2, -0.15) is 0 Å². The summed E-state index contributed by atoms with van der Waals surface area (Å²) in [6.07, 6.45) is 25.8. The summed E-state index contributed by atoms with van der Waals surface area (Å²) in [5, 5.41) is 0. The highest BCUT2D eigenvalue weighted by Gasteiger charge is 2.67. The largest absolute Gasteiger partial charge is 0.0625 e. The summed E-state index contributed by atoms with van der Waals surface area (Å²) in [5.41, 5.74) is 0.778. The normalized spacial score (nSPS) is 60.6. The molecule has 7 aliphatic carbocycles. The fourth-order valence-electron chi connectivity index (χ4n) is 12.2. The molecule has 0 aromatic rings. The summed E-state index contributed by atoms with van der Waals surface area (Å²) in [4.78, 5) is 0. The summed E-state index contributed by atoms with van der Waals surface area (Å²) < 4.78 is 0. The molecule has 12 unspecified atom stereocenters. The van der Waals surface area contributed by atoms with Crippen LogP contribution in [-0.2, 0) is 0 Å². The number of rotatable bonds is 2. The van der Waals surface area contributed by atoms with Crippen molar-refractivity contribution in [1.29, 1.82) is 0 Å². The molecular weight excluding hydrogens is 372 g/mol. The third-order valence-corrected chi connectivity index (χ3v) is 13.7. The smallest absolute Gasteiger partial charge is 0.0178 e. The zero-order valence-electron chi connectivity index (χ0n) is 20.7. The first-order valence-corrected chi connectivity index (χ1v) is 15.1. The molecule has 0 aliphatic heterocycles. The van der Waals surface area contributed by atoms with Crippen molar-refractivity contribution in [2.75, 3.05) is 0 Å². The van der Waals surface area contributed by atoms with E-state index < -0.39 is 0 Å². The minimum atomic E-state index is 0.778. The van der Waals surface area contributed by atoms with Gasteiger partial charge in [0, 0.05) is 0 Å². The van der Waals surface area contributed by atoms with Gasteiger partial charge in [-0.1, -0.05) is 26.7 Å². The summed E-state index contributed by atoms with van der Waals surface area (Å²) >= 11 is 0. The van der Waals surface area contributed by atoms with E-state index in [2.05, 4.69) is 13.8 Å². The van der Waals surface area contributed by atoms with Crippen LogP contribution in [0.5, 0.6) is 0 Å². The van der Waals surface area contributed by atoms with Gasteiger partial charge in [-0.15, -0.1) is 0 Å². The molecule has 0 aromatic heterocycles. The van der Waals surface area contributed by atoms with Crippen molar-refractivity contribution in [1.82, 2.24) is 0 Å². The fraction of sp³-hybridized carbons (Fsp3) is 1.00. The molecule has 0 aromatic carbocycles. The second-order valence-corrected chi connectivity index (χ2v) is 14.6. The first kappa shape index (κ1) is 20.4. The standard InChI is InChI=1S/C31H50/c1-19-3-13-27-28-14-4-20(2)16-30(28)31(29(27)15-19,25-11-9-21-5-7-23(21)17-25)26-12-10-22-6-8-24(22)18-26/h19-30H,3-18H2,1-2H3. The third-order valence-electron chi connectivity index (χ3n) is 13.7. The van der Waals surface area contributed by atoms with Crippen LogP contribution in [0.4, 0.5) is 0 Å². The van der Waals surface area contributed by atoms with Crippen LogP contribution in [0, 0.1) is 76.4 Å². The van der Waals surface area contributed by atoms with Gasteiger partial charge in [0.15, 0.2) is 0 Å². The van der Waals surface area contributed by atoms with Crippen LogP contribution in [-0.4, -0.2) is 0 Å². The Morgan fingerprint density at radius 3 is 1.23 bits per heavy atom. The van der Waals surface area contributed by atoms with Crippen LogP contribution in [0.2, 0.25) is 0 Å². The molecule has 0 N–H and O–H groups in total. The van der Waals surface area contributed by atoms with E-state index in [4.69, 9.17) is 0 Å².